The molecule has 3 aliphatic rings. The van der Waals surface area contributed by atoms with Gasteiger partial charge in [-0.1, -0.05) is 0 Å². The zero-order valence-corrected chi connectivity index (χ0v) is 13.1. The van der Waals surface area contributed by atoms with Crippen LogP contribution in [0.2, 0.25) is 0 Å². The van der Waals surface area contributed by atoms with Gasteiger partial charge in [-0.15, -0.1) is 0 Å². The minimum absolute atomic E-state index is 0.0472. The molecule has 124 valence electrons. The number of carbonyl (C=O) groups is 2. The van der Waals surface area contributed by atoms with Gasteiger partial charge in [-0.2, -0.15) is 0 Å². The smallest absolute Gasteiger partial charge is 0.309 e. The van der Waals surface area contributed by atoms with Crippen molar-refractivity contribution in [2.24, 2.45) is 17.8 Å². The van der Waals surface area contributed by atoms with E-state index in [9.17, 15) is 14.7 Å². The number of nitrogens with zero attached hydrogens (tertiary/aromatic N) is 1. The Bertz CT molecular complexity index is 432. The van der Waals surface area contributed by atoms with E-state index in [0.717, 1.165) is 19.3 Å². The molecule has 1 N–H and O–H groups in total. The lowest BCUT2D eigenvalue weighted by atomic mass is 9.84. The van der Waals surface area contributed by atoms with Crippen molar-refractivity contribution >= 4 is 11.9 Å². The minimum Gasteiger partial charge on any atom is -0.481 e. The highest BCUT2D eigenvalue weighted by atomic mass is 16.5. The van der Waals surface area contributed by atoms with E-state index in [4.69, 9.17) is 9.47 Å². The molecule has 1 saturated carbocycles. The number of ether oxygens (including phenoxy) is 2. The Labute approximate surface area is 130 Å². The highest BCUT2D eigenvalue weighted by Gasteiger charge is 2.47. The zero-order valence-electron chi connectivity index (χ0n) is 13.1. The van der Waals surface area contributed by atoms with Crippen LogP contribution in [-0.4, -0.2) is 60.4 Å². The summed E-state index contributed by atoms with van der Waals surface area (Å²) in [5.41, 5.74) is 0. The molecule has 22 heavy (non-hydrogen) atoms. The molecule has 2 saturated heterocycles. The van der Waals surface area contributed by atoms with Gasteiger partial charge in [-0.3, -0.25) is 9.59 Å². The van der Waals surface area contributed by atoms with Crippen molar-refractivity contribution in [2.45, 2.75) is 44.8 Å². The summed E-state index contributed by atoms with van der Waals surface area (Å²) in [4.78, 5) is 25.6. The summed E-state index contributed by atoms with van der Waals surface area (Å²) in [5.74, 6) is -0.615. The van der Waals surface area contributed by atoms with Crippen LogP contribution in [0.1, 0.15) is 32.6 Å². The van der Waals surface area contributed by atoms with E-state index in [2.05, 4.69) is 0 Å². The quantitative estimate of drug-likeness (QED) is 0.824. The molecule has 2 aliphatic heterocycles. The lowest BCUT2D eigenvalue weighted by molar-refractivity contribution is -0.146. The normalized spacial score (nSPS) is 35.6. The number of amides is 1. The molecule has 3 rings (SSSR count). The Morgan fingerprint density at radius 3 is 2.59 bits per heavy atom. The number of carboxylic acids is 1. The summed E-state index contributed by atoms with van der Waals surface area (Å²) in [6.45, 7) is 4.58. The van der Waals surface area contributed by atoms with E-state index < -0.39 is 5.97 Å². The van der Waals surface area contributed by atoms with Crippen LogP contribution in [0.3, 0.4) is 0 Å². The minimum atomic E-state index is -0.751. The van der Waals surface area contributed by atoms with Gasteiger partial charge in [-0.05, 0) is 38.5 Å². The van der Waals surface area contributed by atoms with Gasteiger partial charge < -0.3 is 19.5 Å². The van der Waals surface area contributed by atoms with Crippen LogP contribution in [-0.2, 0) is 19.1 Å². The second-order valence-electron chi connectivity index (χ2n) is 6.57. The van der Waals surface area contributed by atoms with Crippen molar-refractivity contribution < 1.29 is 24.2 Å². The van der Waals surface area contributed by atoms with Crippen LogP contribution in [0.15, 0.2) is 0 Å². The summed E-state index contributed by atoms with van der Waals surface area (Å²) in [6, 6.07) is 0. The monoisotopic (exact) mass is 311 g/mol. The fourth-order valence-corrected chi connectivity index (χ4v) is 3.85. The van der Waals surface area contributed by atoms with Crippen molar-refractivity contribution in [1.29, 1.82) is 0 Å². The van der Waals surface area contributed by atoms with E-state index in [1.165, 1.54) is 0 Å². The predicted octanol–water partition coefficient (Wildman–Crippen LogP) is 1.14. The van der Waals surface area contributed by atoms with E-state index in [1.54, 1.807) is 0 Å². The highest BCUT2D eigenvalue weighted by Crippen LogP contribution is 2.38. The number of aliphatic carboxylic acids is 1. The Kier molecular flexibility index (Phi) is 4.68. The number of carboxylic acid groups (broad SMARTS) is 1. The first-order valence-electron chi connectivity index (χ1n) is 8.36. The third-order valence-corrected chi connectivity index (χ3v) is 5.20. The third kappa shape index (κ3) is 3.13. The second kappa shape index (κ2) is 6.54. The molecule has 0 aromatic heterocycles. The Morgan fingerprint density at radius 1 is 1.23 bits per heavy atom. The fraction of sp³-hybridized carbons (Fsp3) is 0.875. The molecule has 0 aromatic rings. The molecule has 4 atom stereocenters. The SMILES string of the molecule is CCO[C@@H]1C[C@@H]1C(=O)N1CCC([C@@H]2OCC[C@@H]2C(=O)O)CC1. The van der Waals surface area contributed by atoms with Crippen LogP contribution < -0.4 is 0 Å². The molecular weight excluding hydrogens is 286 g/mol. The van der Waals surface area contributed by atoms with Gasteiger partial charge in [0.05, 0.1) is 24.0 Å². The summed E-state index contributed by atoms with van der Waals surface area (Å²) in [5, 5.41) is 9.26. The summed E-state index contributed by atoms with van der Waals surface area (Å²) >= 11 is 0. The molecule has 2 heterocycles. The number of hydrogen-bond acceptors (Lipinski definition) is 4. The first kappa shape index (κ1) is 15.7. The van der Waals surface area contributed by atoms with Gasteiger partial charge in [0.2, 0.25) is 5.91 Å². The average Bonchev–Trinajstić information content (AvgIpc) is 3.10. The van der Waals surface area contributed by atoms with Gasteiger partial charge in [0.25, 0.3) is 0 Å². The maximum absolute atomic E-state index is 12.4. The predicted molar refractivity (Wildman–Crippen MR) is 78.3 cm³/mol. The topological polar surface area (TPSA) is 76.1 Å². The third-order valence-electron chi connectivity index (χ3n) is 5.20. The summed E-state index contributed by atoms with van der Waals surface area (Å²) in [7, 11) is 0. The van der Waals surface area contributed by atoms with Crippen molar-refractivity contribution in [3.8, 4) is 0 Å². The fourth-order valence-electron chi connectivity index (χ4n) is 3.85. The largest absolute Gasteiger partial charge is 0.481 e. The molecule has 1 aliphatic carbocycles. The van der Waals surface area contributed by atoms with Crippen molar-refractivity contribution in [3.63, 3.8) is 0 Å². The van der Waals surface area contributed by atoms with Crippen LogP contribution in [0, 0.1) is 17.8 Å². The number of rotatable bonds is 5. The maximum atomic E-state index is 12.4. The van der Waals surface area contributed by atoms with Crippen LogP contribution in [0.5, 0.6) is 0 Å². The van der Waals surface area contributed by atoms with Crippen LogP contribution >= 0.6 is 0 Å². The number of piperidine rings is 1. The standard InChI is InChI=1S/C16H25NO5/c1-2-21-13-9-12(13)15(18)17-6-3-10(4-7-17)14-11(16(19)20)5-8-22-14/h10-14H,2-9H2,1H3,(H,19,20)/t11-,12-,13+,14-/m0/s1. The first-order valence-corrected chi connectivity index (χ1v) is 8.36. The molecule has 0 aromatic carbocycles. The molecule has 0 radical (unpaired) electrons. The Balaban J connectivity index is 1.48. The van der Waals surface area contributed by atoms with E-state index >= 15 is 0 Å². The van der Waals surface area contributed by atoms with Gasteiger partial charge in [0, 0.05) is 26.3 Å². The average molecular weight is 311 g/mol. The number of carbonyl (C=O) groups excluding carboxylic acids is 1. The summed E-state index contributed by atoms with van der Waals surface area (Å²) < 4.78 is 11.2. The van der Waals surface area contributed by atoms with Gasteiger partial charge in [0.15, 0.2) is 0 Å². The van der Waals surface area contributed by atoms with E-state index in [0.29, 0.717) is 32.7 Å². The molecular formula is C16H25NO5. The lowest BCUT2D eigenvalue weighted by Crippen LogP contribution is -2.44. The Hall–Kier alpha value is -1.14. The molecule has 0 bridgehead atoms. The second-order valence-corrected chi connectivity index (χ2v) is 6.57. The lowest BCUT2D eigenvalue weighted by Gasteiger charge is -2.35. The molecule has 0 unspecified atom stereocenters. The van der Waals surface area contributed by atoms with E-state index in [1.807, 2.05) is 11.8 Å². The molecule has 3 fully saturated rings. The molecule has 6 nitrogen and oxygen atoms in total. The molecule has 1 amide bonds. The van der Waals surface area contributed by atoms with Gasteiger partial charge >= 0.3 is 5.97 Å². The number of hydrogen-bond donors (Lipinski definition) is 1. The van der Waals surface area contributed by atoms with Crippen LogP contribution in [0.4, 0.5) is 0 Å². The first-order chi connectivity index (χ1) is 10.6. The number of likely N-dealkylation sites (tertiary alicyclic amines) is 1. The van der Waals surface area contributed by atoms with Gasteiger partial charge in [-0.25, -0.2) is 0 Å². The van der Waals surface area contributed by atoms with E-state index in [-0.39, 0.29) is 35.9 Å². The molecule has 0 spiro atoms. The van der Waals surface area contributed by atoms with Crippen molar-refractivity contribution in [3.05, 3.63) is 0 Å². The van der Waals surface area contributed by atoms with Crippen molar-refractivity contribution in [1.82, 2.24) is 4.90 Å². The van der Waals surface area contributed by atoms with Crippen LogP contribution in [0.25, 0.3) is 0 Å². The molecule has 6 heteroatoms. The van der Waals surface area contributed by atoms with Gasteiger partial charge in [0.1, 0.15) is 0 Å². The Morgan fingerprint density at radius 2 is 1.95 bits per heavy atom. The highest BCUT2D eigenvalue weighted by molar-refractivity contribution is 5.82. The maximum Gasteiger partial charge on any atom is 0.309 e. The zero-order chi connectivity index (χ0) is 15.7. The van der Waals surface area contributed by atoms with Crippen molar-refractivity contribution in [2.75, 3.05) is 26.3 Å². The summed E-state index contributed by atoms with van der Waals surface area (Å²) in [6.07, 6.45) is 3.08.